The summed E-state index contributed by atoms with van der Waals surface area (Å²) < 4.78 is 41.9. The molecule has 1 amide bonds. The van der Waals surface area contributed by atoms with Crippen molar-refractivity contribution in [3.8, 4) is 5.75 Å². The third-order valence-corrected chi connectivity index (χ3v) is 6.69. The van der Waals surface area contributed by atoms with Gasteiger partial charge in [0, 0.05) is 20.1 Å². The van der Waals surface area contributed by atoms with Crippen LogP contribution in [-0.4, -0.2) is 76.1 Å². The van der Waals surface area contributed by atoms with Crippen LogP contribution in [0, 0.1) is 5.92 Å². The second-order valence-corrected chi connectivity index (χ2v) is 9.75. The Morgan fingerprint density at radius 2 is 1.95 bits per heavy atom. The van der Waals surface area contributed by atoms with E-state index in [0.29, 0.717) is 11.3 Å². The number of ether oxygens (including phenoxy) is 1. The lowest BCUT2D eigenvalue weighted by molar-refractivity contribution is -0.155. The Morgan fingerprint density at radius 1 is 1.26 bits per heavy atom. The standard InChI is InChI=1S/C17H27ClN4O.C10H9F3O2/c1-19-17(23)14-6-7-15(20-16(14)18)22-11-8-13(9-12-22)5-4-10-21(2)3;1-15-8-4-2-3-7(5-8)9(6-14)10(11,12)13/h6-7,13H,4-5,8-12H2,1-3H3,(H,19,23);2-6,9H,1H3. The molecule has 3 rings (SSSR count). The number of carbonyl (C=O) groups excluding carboxylic acids is 2. The van der Waals surface area contributed by atoms with Crippen molar-refractivity contribution in [2.75, 3.05) is 52.8 Å². The van der Waals surface area contributed by atoms with Gasteiger partial charge in [0.15, 0.2) is 0 Å². The second-order valence-electron chi connectivity index (χ2n) is 9.39. The molecule has 1 aliphatic heterocycles. The molecule has 1 N–H and O–H groups in total. The molecular weight excluding hydrogens is 521 g/mol. The van der Waals surface area contributed by atoms with Crippen molar-refractivity contribution in [2.45, 2.75) is 37.8 Å². The van der Waals surface area contributed by atoms with E-state index in [2.05, 4.69) is 34.2 Å². The van der Waals surface area contributed by atoms with Crippen LogP contribution in [0.1, 0.15) is 47.5 Å². The molecule has 2 heterocycles. The van der Waals surface area contributed by atoms with E-state index >= 15 is 0 Å². The molecule has 1 aromatic carbocycles. The van der Waals surface area contributed by atoms with Crippen molar-refractivity contribution in [1.82, 2.24) is 15.2 Å². The number of hydrogen-bond donors (Lipinski definition) is 1. The van der Waals surface area contributed by atoms with E-state index in [4.69, 9.17) is 16.3 Å². The zero-order chi connectivity index (χ0) is 28.3. The molecule has 38 heavy (non-hydrogen) atoms. The molecule has 0 radical (unpaired) electrons. The number of halogens is 4. The van der Waals surface area contributed by atoms with Crippen LogP contribution in [0.2, 0.25) is 5.15 Å². The summed E-state index contributed by atoms with van der Waals surface area (Å²) in [5, 5.41) is 2.85. The first-order chi connectivity index (χ1) is 18.0. The van der Waals surface area contributed by atoms with Crippen LogP contribution in [0.15, 0.2) is 36.4 Å². The predicted molar refractivity (Wildman–Crippen MR) is 143 cm³/mol. The van der Waals surface area contributed by atoms with E-state index < -0.39 is 12.1 Å². The normalized spacial score (nSPS) is 14.9. The van der Waals surface area contributed by atoms with Gasteiger partial charge >= 0.3 is 6.18 Å². The van der Waals surface area contributed by atoms with E-state index in [1.54, 1.807) is 13.1 Å². The Balaban J connectivity index is 0.000000293. The summed E-state index contributed by atoms with van der Waals surface area (Å²) in [6.45, 7) is 3.18. The van der Waals surface area contributed by atoms with E-state index in [9.17, 15) is 22.8 Å². The van der Waals surface area contributed by atoms with Gasteiger partial charge in [0.25, 0.3) is 5.91 Å². The Kier molecular flexibility index (Phi) is 12.3. The van der Waals surface area contributed by atoms with Gasteiger partial charge in [0.1, 0.15) is 28.9 Å². The lowest BCUT2D eigenvalue weighted by Crippen LogP contribution is -2.34. The lowest BCUT2D eigenvalue weighted by Gasteiger charge is -2.33. The van der Waals surface area contributed by atoms with Gasteiger partial charge in [-0.25, -0.2) is 4.98 Å². The largest absolute Gasteiger partial charge is 0.497 e. The first kappa shape index (κ1) is 31.4. The number of nitrogens with one attached hydrogen (secondary N) is 1. The van der Waals surface area contributed by atoms with E-state index in [1.165, 1.54) is 63.6 Å². The Hall–Kier alpha value is -2.85. The lowest BCUT2D eigenvalue weighted by atomic mass is 9.92. The van der Waals surface area contributed by atoms with Crippen molar-refractivity contribution in [2.24, 2.45) is 5.92 Å². The monoisotopic (exact) mass is 556 g/mol. The van der Waals surface area contributed by atoms with Crippen molar-refractivity contribution in [1.29, 1.82) is 0 Å². The maximum atomic E-state index is 12.4. The molecule has 2 aromatic rings. The summed E-state index contributed by atoms with van der Waals surface area (Å²) in [7, 11) is 7.19. The number of methoxy groups -OCH3 is 1. The summed E-state index contributed by atoms with van der Waals surface area (Å²) in [5.74, 6) is -0.314. The van der Waals surface area contributed by atoms with Crippen LogP contribution in [0.4, 0.5) is 19.0 Å². The minimum absolute atomic E-state index is 0.114. The highest BCUT2D eigenvalue weighted by atomic mass is 35.5. The number of nitrogens with zero attached hydrogens (tertiary/aromatic N) is 3. The number of alkyl halides is 3. The van der Waals surface area contributed by atoms with Crippen LogP contribution >= 0.6 is 11.6 Å². The third-order valence-electron chi connectivity index (χ3n) is 6.40. The summed E-state index contributed by atoms with van der Waals surface area (Å²) in [5.41, 5.74) is 0.313. The quantitative estimate of drug-likeness (QED) is 0.338. The summed E-state index contributed by atoms with van der Waals surface area (Å²) >= 11 is 6.15. The first-order valence-electron chi connectivity index (χ1n) is 12.4. The number of anilines is 1. The van der Waals surface area contributed by atoms with Gasteiger partial charge < -0.3 is 24.6 Å². The zero-order valence-corrected chi connectivity index (χ0v) is 23.0. The van der Waals surface area contributed by atoms with Crippen LogP contribution in [-0.2, 0) is 4.79 Å². The number of aromatic nitrogens is 1. The number of benzene rings is 1. The molecule has 0 bridgehead atoms. The maximum Gasteiger partial charge on any atom is 0.402 e. The number of rotatable bonds is 9. The number of hydrogen-bond acceptors (Lipinski definition) is 6. The first-order valence-corrected chi connectivity index (χ1v) is 12.8. The Bertz CT molecular complexity index is 1040. The molecule has 11 heteroatoms. The van der Waals surface area contributed by atoms with Crippen LogP contribution < -0.4 is 15.0 Å². The molecule has 1 aliphatic rings. The number of carbonyl (C=O) groups is 2. The minimum atomic E-state index is -4.56. The zero-order valence-electron chi connectivity index (χ0n) is 22.2. The Labute approximate surface area is 227 Å². The molecule has 7 nitrogen and oxygen atoms in total. The SMILES string of the molecule is CNC(=O)c1ccc(N2CCC(CCCN(C)C)CC2)nc1Cl.COc1cccc(C(C=O)C(F)(F)F)c1. The maximum absolute atomic E-state index is 12.4. The third kappa shape index (κ3) is 9.47. The summed E-state index contributed by atoms with van der Waals surface area (Å²) in [4.78, 5) is 31.0. The molecule has 1 fully saturated rings. The second kappa shape index (κ2) is 14.9. The average Bonchev–Trinajstić information content (AvgIpc) is 2.88. The van der Waals surface area contributed by atoms with Gasteiger partial charge in [0.2, 0.25) is 0 Å². The molecule has 1 atom stereocenters. The fraction of sp³-hybridized carbons (Fsp3) is 0.519. The molecule has 0 spiro atoms. The van der Waals surface area contributed by atoms with Gasteiger partial charge in [-0.15, -0.1) is 0 Å². The number of piperidine rings is 1. The number of pyridine rings is 1. The molecule has 1 aromatic heterocycles. The topological polar surface area (TPSA) is 74.8 Å². The highest BCUT2D eigenvalue weighted by Crippen LogP contribution is 2.34. The van der Waals surface area contributed by atoms with Crippen LogP contribution in [0.5, 0.6) is 5.75 Å². The Morgan fingerprint density at radius 3 is 2.47 bits per heavy atom. The van der Waals surface area contributed by atoms with Crippen molar-refractivity contribution >= 4 is 29.6 Å². The molecule has 210 valence electrons. The van der Waals surface area contributed by atoms with Crippen molar-refractivity contribution < 1.29 is 27.5 Å². The molecule has 0 aliphatic carbocycles. The van der Waals surface area contributed by atoms with Gasteiger partial charge in [-0.3, -0.25) is 4.79 Å². The average molecular weight is 557 g/mol. The van der Waals surface area contributed by atoms with Gasteiger partial charge in [-0.1, -0.05) is 23.7 Å². The molecule has 0 saturated carbocycles. The molecule has 1 unspecified atom stereocenters. The number of aldehydes is 1. The van der Waals surface area contributed by atoms with Crippen molar-refractivity contribution in [3.63, 3.8) is 0 Å². The highest BCUT2D eigenvalue weighted by molar-refractivity contribution is 6.32. The molecular formula is C27H36ClF3N4O3. The summed E-state index contributed by atoms with van der Waals surface area (Å²) in [6, 6.07) is 9.02. The van der Waals surface area contributed by atoms with E-state index in [0.717, 1.165) is 24.8 Å². The predicted octanol–water partition coefficient (Wildman–Crippen LogP) is 5.19. The fourth-order valence-corrected chi connectivity index (χ4v) is 4.47. The minimum Gasteiger partial charge on any atom is -0.497 e. The van der Waals surface area contributed by atoms with Gasteiger partial charge in [0.05, 0.1) is 12.7 Å². The smallest absolute Gasteiger partial charge is 0.402 e. The van der Waals surface area contributed by atoms with E-state index in [-0.39, 0.29) is 22.9 Å². The van der Waals surface area contributed by atoms with E-state index in [1.807, 2.05) is 6.07 Å². The highest BCUT2D eigenvalue weighted by Gasteiger charge is 2.40. The summed E-state index contributed by atoms with van der Waals surface area (Å²) in [6.07, 6.45) is 0.287. The number of amides is 1. The van der Waals surface area contributed by atoms with Crippen LogP contribution in [0.25, 0.3) is 0 Å². The van der Waals surface area contributed by atoms with Crippen molar-refractivity contribution in [3.05, 3.63) is 52.7 Å². The fourth-order valence-electron chi connectivity index (χ4n) is 4.23. The molecule has 1 saturated heterocycles. The van der Waals surface area contributed by atoms with Gasteiger partial charge in [-0.05, 0) is 82.1 Å². The van der Waals surface area contributed by atoms with Crippen LogP contribution in [0.3, 0.4) is 0 Å². The van der Waals surface area contributed by atoms with Gasteiger partial charge in [-0.2, -0.15) is 13.2 Å².